The van der Waals surface area contributed by atoms with Crippen molar-refractivity contribution < 1.29 is 47.1 Å². The van der Waals surface area contributed by atoms with Gasteiger partial charge in [-0.25, -0.2) is 13.6 Å². The normalized spacial score (nSPS) is 12.7. The number of halogens is 2. The van der Waals surface area contributed by atoms with Crippen molar-refractivity contribution >= 4 is 76.0 Å². The van der Waals surface area contributed by atoms with Gasteiger partial charge in [-0.2, -0.15) is 12.6 Å². The number of amides is 4. The van der Waals surface area contributed by atoms with Crippen LogP contribution in [0.2, 0.25) is 0 Å². The number of primary amides is 1. The predicted octanol–water partition coefficient (Wildman–Crippen LogP) is 1.60. The summed E-state index contributed by atoms with van der Waals surface area (Å²) in [6.45, 7) is 3.49. The van der Waals surface area contributed by atoms with Crippen molar-refractivity contribution in [3.05, 3.63) is 53.6 Å². The van der Waals surface area contributed by atoms with Gasteiger partial charge in [0.05, 0.1) is 5.56 Å². The Morgan fingerprint density at radius 1 is 0.822 bits per heavy atom. The molecule has 0 saturated heterocycles. The van der Waals surface area contributed by atoms with Gasteiger partial charge in [0, 0.05) is 49.7 Å². The number of hydrogen-bond donors (Lipinski definition) is 5. The third-order valence-corrected chi connectivity index (χ3v) is 8.07. The van der Waals surface area contributed by atoms with E-state index in [0.717, 1.165) is 26.0 Å². The second-order valence-corrected chi connectivity index (χ2v) is 11.7. The zero-order valence-corrected chi connectivity index (χ0v) is 26.7. The van der Waals surface area contributed by atoms with Gasteiger partial charge in [0.15, 0.2) is 0 Å². The van der Waals surface area contributed by atoms with Crippen LogP contribution in [0.25, 0.3) is 11.1 Å². The van der Waals surface area contributed by atoms with Crippen molar-refractivity contribution in [2.24, 2.45) is 5.73 Å². The Bertz CT molecular complexity index is 1490. The molecule has 4 amide bonds. The van der Waals surface area contributed by atoms with Gasteiger partial charge in [-0.15, -0.1) is 0 Å². The van der Waals surface area contributed by atoms with Crippen LogP contribution >= 0.6 is 36.2 Å². The van der Waals surface area contributed by atoms with Crippen LogP contribution in [0, 0.1) is 11.6 Å². The maximum absolute atomic E-state index is 14.6. The molecule has 0 spiro atoms. The molecular weight excluding hydrogens is 655 g/mol. The zero-order chi connectivity index (χ0) is 33.8. The van der Waals surface area contributed by atoms with Crippen LogP contribution in [0.1, 0.15) is 31.1 Å². The largest absolute Gasteiger partial charge is 0.424 e. The summed E-state index contributed by atoms with van der Waals surface area (Å²) in [6.07, 6.45) is 0. The highest BCUT2D eigenvalue weighted by Gasteiger charge is 2.27. The second kappa shape index (κ2) is 17.5. The minimum atomic E-state index is -1.25. The smallest absolute Gasteiger partial charge is 0.334 e. The molecule has 17 heteroatoms. The van der Waals surface area contributed by atoms with Gasteiger partial charge in [-0.1, -0.05) is 29.6 Å². The van der Waals surface area contributed by atoms with Crippen LogP contribution in [0.15, 0.2) is 36.4 Å². The molecule has 5 N–H and O–H groups in total. The number of nitrogens with one attached hydrogen (secondary N) is 3. The van der Waals surface area contributed by atoms with Crippen molar-refractivity contribution in [3.63, 3.8) is 0 Å². The highest BCUT2D eigenvalue weighted by atomic mass is 32.2. The highest BCUT2D eigenvalue weighted by molar-refractivity contribution is 8.15. The lowest BCUT2D eigenvalue weighted by Crippen LogP contribution is -2.46. The number of thioether (sulfide) groups is 2. The maximum Gasteiger partial charge on any atom is 0.334 e. The zero-order valence-electron chi connectivity index (χ0n) is 24.2. The lowest BCUT2D eigenvalue weighted by atomic mass is 10.0. The van der Waals surface area contributed by atoms with E-state index in [9.17, 15) is 42.3 Å². The van der Waals surface area contributed by atoms with Crippen molar-refractivity contribution in [1.82, 2.24) is 16.0 Å². The van der Waals surface area contributed by atoms with Gasteiger partial charge in [0.25, 0.3) is 0 Å². The minimum Gasteiger partial charge on any atom is -0.424 e. The molecule has 45 heavy (non-hydrogen) atoms. The SMILES string of the molecule is CC(=O)NC(CSC(=O)C(CSC(=O)c1cc(-c2ccc(F)cc2F)ccc1OC(=O)C(CS)NC(C)=O)NC(C)=O)C(N)=O. The van der Waals surface area contributed by atoms with Crippen molar-refractivity contribution in [1.29, 1.82) is 0 Å². The van der Waals surface area contributed by atoms with E-state index in [-0.39, 0.29) is 39.7 Å². The molecule has 242 valence electrons. The molecule has 0 aliphatic rings. The molecule has 0 fully saturated rings. The van der Waals surface area contributed by atoms with E-state index in [1.165, 1.54) is 25.1 Å². The summed E-state index contributed by atoms with van der Waals surface area (Å²) in [5.74, 6) is -6.24. The van der Waals surface area contributed by atoms with E-state index in [1.54, 1.807) is 0 Å². The van der Waals surface area contributed by atoms with Gasteiger partial charge in [0.1, 0.15) is 35.5 Å². The number of carbonyl (C=O) groups excluding carboxylic acids is 7. The lowest BCUT2D eigenvalue weighted by molar-refractivity contribution is -0.138. The standard InChI is InChI=1S/C28H30F2N4O8S3/c1-13(35)32-21(10-43)26(39)42-24-7-4-16(18-6-5-17(29)9-20(18)30)8-19(24)27(40)44-12-23(34-15(3)37)28(41)45-11-22(25(31)38)33-14(2)36/h4-9,21-23,43H,10-12H2,1-3H3,(H2,31,38)(H,32,35)(H,33,36)(H,34,37). The van der Waals surface area contributed by atoms with Crippen molar-refractivity contribution in [2.75, 3.05) is 17.3 Å². The van der Waals surface area contributed by atoms with Gasteiger partial charge >= 0.3 is 5.97 Å². The number of hydrogen-bond acceptors (Lipinski definition) is 11. The summed E-state index contributed by atoms with van der Waals surface area (Å²) in [5, 5.41) is 5.67. The summed E-state index contributed by atoms with van der Waals surface area (Å²) < 4.78 is 33.5. The Labute approximate surface area is 270 Å². The van der Waals surface area contributed by atoms with Gasteiger partial charge in [-0.05, 0) is 29.8 Å². The molecule has 2 aromatic rings. The van der Waals surface area contributed by atoms with Crippen molar-refractivity contribution in [2.45, 2.75) is 38.9 Å². The molecule has 2 aromatic carbocycles. The van der Waals surface area contributed by atoms with E-state index < -0.39 is 69.6 Å². The van der Waals surface area contributed by atoms with Gasteiger partial charge in [-0.3, -0.25) is 28.8 Å². The highest BCUT2D eigenvalue weighted by Crippen LogP contribution is 2.32. The monoisotopic (exact) mass is 684 g/mol. The summed E-state index contributed by atoms with van der Waals surface area (Å²) in [4.78, 5) is 85.4. The van der Waals surface area contributed by atoms with Crippen LogP contribution in [0.5, 0.6) is 5.75 Å². The van der Waals surface area contributed by atoms with E-state index in [4.69, 9.17) is 10.5 Å². The molecule has 0 aromatic heterocycles. The first kappa shape index (κ1) is 37.2. The number of rotatable bonds is 14. The predicted molar refractivity (Wildman–Crippen MR) is 168 cm³/mol. The number of ether oxygens (including phenoxy) is 1. The molecule has 2 rings (SSSR count). The Morgan fingerprint density at radius 3 is 1.96 bits per heavy atom. The number of esters is 1. The van der Waals surface area contributed by atoms with Gasteiger partial charge < -0.3 is 26.4 Å². The molecule has 0 aliphatic carbocycles. The first-order valence-corrected chi connectivity index (χ1v) is 15.6. The van der Waals surface area contributed by atoms with Crippen LogP contribution in [-0.2, 0) is 28.8 Å². The van der Waals surface area contributed by atoms with Crippen LogP contribution in [0.3, 0.4) is 0 Å². The fourth-order valence-corrected chi connectivity index (χ4v) is 5.77. The fraction of sp³-hybridized carbons (Fsp3) is 0.321. The maximum atomic E-state index is 14.6. The molecular formula is C28H30F2N4O8S3. The Hall–Kier alpha value is -3.96. The van der Waals surface area contributed by atoms with Crippen LogP contribution in [0.4, 0.5) is 8.78 Å². The van der Waals surface area contributed by atoms with Gasteiger partial charge in [0.2, 0.25) is 33.9 Å². The van der Waals surface area contributed by atoms with E-state index in [2.05, 4.69) is 28.6 Å². The topological polar surface area (TPSA) is 191 Å². The number of nitrogens with two attached hydrogens (primary N) is 1. The third-order valence-electron chi connectivity index (χ3n) is 5.65. The minimum absolute atomic E-state index is 0.0642. The number of carbonyl (C=O) groups is 7. The average molecular weight is 685 g/mol. The number of thiol groups is 1. The molecule has 0 saturated carbocycles. The average Bonchev–Trinajstić information content (AvgIpc) is 2.95. The third kappa shape index (κ3) is 11.8. The molecule has 0 aliphatic heterocycles. The quantitative estimate of drug-likeness (QED) is 0.111. The van der Waals surface area contributed by atoms with Crippen molar-refractivity contribution in [3.8, 4) is 16.9 Å². The van der Waals surface area contributed by atoms with Crippen LogP contribution in [-0.4, -0.2) is 75.2 Å². The first-order valence-electron chi connectivity index (χ1n) is 13.0. The van der Waals surface area contributed by atoms with E-state index in [0.29, 0.717) is 29.6 Å². The Kier molecular flexibility index (Phi) is 14.5. The Balaban J connectivity index is 2.38. The van der Waals surface area contributed by atoms with E-state index >= 15 is 0 Å². The fourth-order valence-electron chi connectivity index (χ4n) is 3.63. The molecule has 0 bridgehead atoms. The van der Waals surface area contributed by atoms with E-state index in [1.807, 2.05) is 0 Å². The molecule has 3 atom stereocenters. The first-order chi connectivity index (χ1) is 21.1. The summed E-state index contributed by atoms with van der Waals surface area (Å²) in [7, 11) is 0. The van der Waals surface area contributed by atoms with Crippen LogP contribution < -0.4 is 26.4 Å². The second-order valence-electron chi connectivity index (χ2n) is 9.33. The molecule has 0 radical (unpaired) electrons. The number of benzene rings is 2. The summed E-state index contributed by atoms with van der Waals surface area (Å²) >= 11 is 5.19. The summed E-state index contributed by atoms with van der Waals surface area (Å²) in [6, 6.07) is 2.99. The Morgan fingerprint density at radius 2 is 1.40 bits per heavy atom. The molecule has 12 nitrogen and oxygen atoms in total. The molecule has 0 heterocycles. The lowest BCUT2D eigenvalue weighted by Gasteiger charge is -2.19. The summed E-state index contributed by atoms with van der Waals surface area (Å²) in [5.41, 5.74) is 5.09. The molecule has 3 unspecified atom stereocenters.